The molecule has 0 aliphatic carbocycles. The van der Waals surface area contributed by atoms with Gasteiger partial charge < -0.3 is 18.8 Å². The summed E-state index contributed by atoms with van der Waals surface area (Å²) < 4.78 is 12.2. The van der Waals surface area contributed by atoms with Crippen molar-refractivity contribution in [2.75, 3.05) is 0 Å². The van der Waals surface area contributed by atoms with Crippen molar-refractivity contribution < 1.29 is 49.1 Å². The molecule has 0 fully saturated rings. The molecule has 11 heteroatoms. The van der Waals surface area contributed by atoms with Gasteiger partial charge in [0.2, 0.25) is 5.52 Å². The zero-order valence-corrected chi connectivity index (χ0v) is 75.2. The van der Waals surface area contributed by atoms with Gasteiger partial charge in [0, 0.05) is 130 Å². The molecular formula is C117H83IrLiN6OS2. The smallest absolute Gasteiger partial charge is 0.868 e. The molecule has 0 amide bonds. The van der Waals surface area contributed by atoms with Crippen LogP contribution in [-0.2, 0) is 20.1 Å². The number of aromatic amines is 1. The summed E-state index contributed by atoms with van der Waals surface area (Å²) in [7, 11) is 0. The molecule has 25 aromatic rings. The number of benzene rings is 18. The molecule has 0 bridgehead atoms. The van der Waals surface area contributed by atoms with Crippen LogP contribution < -0.4 is 29.0 Å². The Bertz CT molecular complexity index is 8230. The van der Waals surface area contributed by atoms with Crippen LogP contribution in [0.1, 0.15) is 50.7 Å². The van der Waals surface area contributed by atoms with Crippen molar-refractivity contribution in [3.63, 3.8) is 0 Å². The van der Waals surface area contributed by atoms with Gasteiger partial charge >= 0.3 is 18.9 Å². The van der Waals surface area contributed by atoms with E-state index in [2.05, 4.69) is 403 Å². The number of thiophene rings is 2. The molecule has 0 saturated heterocycles. The first-order valence-electron chi connectivity index (χ1n) is 43.1. The second-order valence-corrected chi connectivity index (χ2v) is 35.1. The number of pyridine rings is 2. The van der Waals surface area contributed by atoms with Gasteiger partial charge in [-0.15, -0.1) is 58.6 Å². The molecule has 0 spiro atoms. The number of hydrogen-bond donors (Lipinski definition) is 0. The van der Waals surface area contributed by atoms with Crippen LogP contribution in [0.15, 0.2) is 413 Å². The maximum absolute atomic E-state index is 11.1. The molecule has 7 heterocycles. The van der Waals surface area contributed by atoms with Gasteiger partial charge in [-0.1, -0.05) is 270 Å². The maximum Gasteiger partial charge on any atom is 1.00 e. The topological polar surface area (TPSA) is 77.8 Å². The fourth-order valence-electron chi connectivity index (χ4n) is 18.9. The summed E-state index contributed by atoms with van der Waals surface area (Å²) in [6.07, 6.45) is 7.68. The van der Waals surface area contributed by atoms with Gasteiger partial charge in [-0.05, 0) is 220 Å². The third kappa shape index (κ3) is 14.9. The summed E-state index contributed by atoms with van der Waals surface area (Å²) in [6, 6.07) is 142. The van der Waals surface area contributed by atoms with Crippen molar-refractivity contribution >= 4 is 161 Å². The van der Waals surface area contributed by atoms with Crippen LogP contribution in [0, 0.1) is 6.07 Å². The Morgan fingerprint density at radius 1 is 0.336 bits per heavy atom. The van der Waals surface area contributed by atoms with Gasteiger partial charge in [-0.2, -0.15) is 0 Å². The first-order valence-corrected chi connectivity index (χ1v) is 44.7. The SMILES string of the molecule is CC(C)c1cc(-c2ccccc2)cc(C(C)C)c1-n1ccnc1-c1[c-]cccc1.[Ir].[Li+].[O-]c1cccc2ccc[nH+]c12.c1ccc2c(c1)c1ccccc1n2-c1ccc2sc3ccc(-n4c5ccccc5c5ccccc54)cc3c2c1.c1ccc2cc(-c3c4ccccc4c(-c4ccc5ccccc5c4)c4cc(-c5nccc6c5sc5ccccc56)ccc34)ccc2c1. The summed E-state index contributed by atoms with van der Waals surface area (Å²) >= 11 is 3.70. The average Bonchev–Trinajstić information content (AvgIpc) is 0.831. The summed E-state index contributed by atoms with van der Waals surface area (Å²) in [5, 5.41) is 32.4. The van der Waals surface area contributed by atoms with Crippen LogP contribution in [0.2, 0.25) is 0 Å². The number of nitrogens with one attached hydrogen (secondary N) is 1. The molecule has 7 aromatic heterocycles. The van der Waals surface area contributed by atoms with Crippen LogP contribution >= 0.6 is 22.7 Å². The van der Waals surface area contributed by atoms with Crippen molar-refractivity contribution in [3.05, 3.63) is 430 Å². The molecular weight excluding hydrogens is 1770 g/mol. The van der Waals surface area contributed by atoms with Gasteiger partial charge in [0.05, 0.1) is 38.3 Å². The van der Waals surface area contributed by atoms with E-state index >= 15 is 0 Å². The van der Waals surface area contributed by atoms with E-state index in [1.54, 1.807) is 18.3 Å². The molecule has 1 radical (unpaired) electrons. The molecule has 609 valence electrons. The Morgan fingerprint density at radius 2 is 0.812 bits per heavy atom. The average molecular weight is 1850 g/mol. The Balaban J connectivity index is 0.000000115. The number of rotatable bonds is 10. The van der Waals surface area contributed by atoms with Gasteiger partial charge in [0.1, 0.15) is 0 Å². The molecule has 7 nitrogen and oxygen atoms in total. The van der Waals surface area contributed by atoms with Crippen LogP contribution in [0.3, 0.4) is 0 Å². The number of imidazole rings is 1. The van der Waals surface area contributed by atoms with E-state index in [1.807, 2.05) is 71.5 Å². The van der Waals surface area contributed by atoms with Crippen molar-refractivity contribution in [1.29, 1.82) is 0 Å². The molecule has 0 aliphatic rings. The van der Waals surface area contributed by atoms with Crippen LogP contribution in [0.25, 0.3) is 211 Å². The number of aromatic nitrogens is 6. The fraction of sp³-hybridized carbons (Fsp3) is 0.0513. The largest absolute Gasteiger partial charge is 1.00 e. The van der Waals surface area contributed by atoms with Gasteiger partial charge in [0.25, 0.3) is 0 Å². The maximum atomic E-state index is 11.1. The number of para-hydroxylation sites is 5. The molecule has 0 unspecified atom stereocenters. The molecule has 0 aliphatic heterocycles. The second kappa shape index (κ2) is 35.0. The first kappa shape index (κ1) is 82.2. The van der Waals surface area contributed by atoms with Gasteiger partial charge in [-0.25, -0.2) is 4.98 Å². The monoisotopic (exact) mass is 1850 g/mol. The van der Waals surface area contributed by atoms with Crippen molar-refractivity contribution in [3.8, 4) is 78.8 Å². The predicted octanol–water partition coefficient (Wildman–Crippen LogP) is 28.3. The van der Waals surface area contributed by atoms with E-state index in [0.717, 1.165) is 28.0 Å². The first-order chi connectivity index (χ1) is 62.1. The molecule has 25 rings (SSSR count). The summed E-state index contributed by atoms with van der Waals surface area (Å²) in [6.45, 7) is 9.07. The van der Waals surface area contributed by atoms with Crippen LogP contribution in [0.5, 0.6) is 5.75 Å². The number of fused-ring (bicyclic) bond motifs is 17. The standard InChI is InChI=1S/C45H27NS.C36H22N2S.C27H27N2.C9H7NO.Ir.Li/c1-3-11-30-25-32(19-17-28(30)9-1)42-36-14-5-6-15-37(36)43(33-20-18-29-10-2-4-12-31(29)26-33)40-27-34(21-22-38(40)42)44-45-39(23-24-46-44)35-13-7-8-16-41(35)47-45;1-5-13-31-25(9-1)26-10-2-6-14-32(26)37(31)23-17-19-35-29(21-23)30-22-24(18-20-36(30)39-35)38-33-15-7-3-11-27(33)28-12-4-8-16-34(28)38;1-19(2)24-17-23(21-11-7-5-8-12-21)18-25(20(3)4)26(24)29-16-15-28-27(29)22-13-9-6-10-14-22;11-8-5-1-3-7-4-2-6-10-9(7)8;;/h1-27H;1-22H;5-13,15-20H,1-4H3;1-6,11H;;/q;;-1;;;+1. The van der Waals surface area contributed by atoms with E-state index in [4.69, 9.17) is 4.98 Å². The van der Waals surface area contributed by atoms with E-state index in [1.165, 1.54) is 189 Å². The molecule has 1 N–H and O–H groups in total. The third-order valence-corrected chi connectivity index (χ3v) is 27.1. The van der Waals surface area contributed by atoms with Gasteiger partial charge in [0.15, 0.2) is 6.20 Å². The van der Waals surface area contributed by atoms with E-state index in [-0.39, 0.29) is 44.7 Å². The molecule has 0 saturated carbocycles. The van der Waals surface area contributed by atoms with E-state index in [0.29, 0.717) is 17.4 Å². The van der Waals surface area contributed by atoms with E-state index < -0.39 is 0 Å². The summed E-state index contributed by atoms with van der Waals surface area (Å²) in [5.74, 6) is 1.76. The Hall–Kier alpha value is -14.1. The Labute approximate surface area is 775 Å². The molecule has 128 heavy (non-hydrogen) atoms. The van der Waals surface area contributed by atoms with E-state index in [9.17, 15) is 5.11 Å². The van der Waals surface area contributed by atoms with Crippen LogP contribution in [0.4, 0.5) is 0 Å². The predicted molar refractivity (Wildman–Crippen MR) is 533 cm³/mol. The zero-order valence-electron chi connectivity index (χ0n) is 71.2. The number of hydrogen-bond acceptors (Lipinski definition) is 5. The van der Waals surface area contributed by atoms with Crippen molar-refractivity contribution in [2.24, 2.45) is 0 Å². The van der Waals surface area contributed by atoms with Crippen molar-refractivity contribution in [2.45, 2.75) is 39.5 Å². The van der Waals surface area contributed by atoms with Crippen molar-refractivity contribution in [1.82, 2.24) is 23.7 Å². The Morgan fingerprint density at radius 3 is 1.37 bits per heavy atom. The zero-order chi connectivity index (χ0) is 84.5. The minimum atomic E-state index is 0. The Kier molecular flexibility index (Phi) is 22.5. The normalized spacial score (nSPS) is 11.5. The van der Waals surface area contributed by atoms with Gasteiger partial charge in [-0.3, -0.25) is 9.97 Å². The quantitative estimate of drug-likeness (QED) is 0.0778. The minimum absolute atomic E-state index is 0. The fourth-order valence-corrected chi connectivity index (χ4v) is 21.2. The second-order valence-electron chi connectivity index (χ2n) is 33.0. The number of nitrogens with zero attached hydrogens (tertiary/aromatic N) is 5. The molecule has 18 aromatic carbocycles. The summed E-state index contributed by atoms with van der Waals surface area (Å²) in [5.41, 5.74) is 22.6. The minimum Gasteiger partial charge on any atom is -0.868 e. The third-order valence-electron chi connectivity index (χ3n) is 24.8. The summed E-state index contributed by atoms with van der Waals surface area (Å²) in [4.78, 5) is 12.6. The van der Waals surface area contributed by atoms with Crippen LogP contribution in [-0.4, -0.2) is 23.7 Å². The number of H-pyrrole nitrogens is 1. The molecule has 0 atom stereocenters.